The largest absolute Gasteiger partial charge is 0.481 e. The van der Waals surface area contributed by atoms with Gasteiger partial charge in [0, 0.05) is 11.8 Å². The minimum Gasteiger partial charge on any atom is -0.481 e. The van der Waals surface area contributed by atoms with Crippen LogP contribution in [0.15, 0.2) is 23.8 Å². The zero-order valence-electron chi connectivity index (χ0n) is 10.3. The van der Waals surface area contributed by atoms with Crippen LogP contribution in [0.4, 0.5) is 0 Å². The molecule has 2 aliphatic carbocycles. The summed E-state index contributed by atoms with van der Waals surface area (Å²) >= 11 is 0. The lowest BCUT2D eigenvalue weighted by atomic mass is 9.65. The van der Waals surface area contributed by atoms with Crippen molar-refractivity contribution in [2.45, 2.75) is 33.1 Å². The Morgan fingerprint density at radius 2 is 2.24 bits per heavy atom. The summed E-state index contributed by atoms with van der Waals surface area (Å²) in [5.74, 6) is -0.716. The van der Waals surface area contributed by atoms with Gasteiger partial charge in [0.05, 0.1) is 5.92 Å². The molecule has 0 aliphatic heterocycles. The number of aliphatic carboxylic acids is 1. The molecule has 92 valence electrons. The number of carboxylic acid groups (broad SMARTS) is 1. The quantitative estimate of drug-likeness (QED) is 0.747. The van der Waals surface area contributed by atoms with Gasteiger partial charge >= 0.3 is 5.97 Å². The number of rotatable bonds is 2. The molecule has 0 amide bonds. The van der Waals surface area contributed by atoms with Crippen molar-refractivity contribution in [3.63, 3.8) is 0 Å². The highest BCUT2D eigenvalue weighted by molar-refractivity contribution is 5.91. The van der Waals surface area contributed by atoms with E-state index in [1.165, 1.54) is 5.57 Å². The maximum Gasteiger partial charge on any atom is 0.308 e. The first-order valence-electron chi connectivity index (χ1n) is 6.13. The van der Waals surface area contributed by atoms with Crippen LogP contribution >= 0.6 is 0 Å². The van der Waals surface area contributed by atoms with E-state index < -0.39 is 17.3 Å². The van der Waals surface area contributed by atoms with Crippen LogP contribution in [0.2, 0.25) is 0 Å². The smallest absolute Gasteiger partial charge is 0.308 e. The highest BCUT2D eigenvalue weighted by atomic mass is 16.4. The summed E-state index contributed by atoms with van der Waals surface area (Å²) in [6.07, 6.45) is 7.16. The minimum absolute atomic E-state index is 0.106. The summed E-state index contributed by atoms with van der Waals surface area (Å²) in [7, 11) is 0. The Morgan fingerprint density at radius 3 is 2.71 bits per heavy atom. The normalized spacial score (nSPS) is 32.3. The Morgan fingerprint density at radius 1 is 1.53 bits per heavy atom. The maximum atomic E-state index is 11.4. The summed E-state index contributed by atoms with van der Waals surface area (Å²) in [6.45, 7) is 4.17. The van der Waals surface area contributed by atoms with E-state index in [4.69, 9.17) is 0 Å². The zero-order chi connectivity index (χ0) is 12.6. The number of allylic oxidation sites excluding steroid dienone is 4. The SMILES string of the molecule is CC(C)C1=CC[C@H](C(=O)O)[C@@]12C=CC(=O)CC2. The van der Waals surface area contributed by atoms with Crippen molar-refractivity contribution < 1.29 is 14.7 Å². The van der Waals surface area contributed by atoms with Crippen LogP contribution in [0.25, 0.3) is 0 Å². The van der Waals surface area contributed by atoms with Crippen LogP contribution in [-0.2, 0) is 9.59 Å². The number of carboxylic acids is 1. The van der Waals surface area contributed by atoms with Gasteiger partial charge in [-0.25, -0.2) is 0 Å². The number of carbonyl (C=O) groups is 2. The van der Waals surface area contributed by atoms with Crippen molar-refractivity contribution >= 4 is 11.8 Å². The third-order valence-corrected chi connectivity index (χ3v) is 4.00. The van der Waals surface area contributed by atoms with Crippen LogP contribution < -0.4 is 0 Å². The molecule has 0 aromatic rings. The first kappa shape index (κ1) is 12.1. The van der Waals surface area contributed by atoms with Crippen LogP contribution in [0.1, 0.15) is 33.1 Å². The van der Waals surface area contributed by atoms with E-state index in [2.05, 4.69) is 19.9 Å². The molecule has 17 heavy (non-hydrogen) atoms. The topological polar surface area (TPSA) is 54.4 Å². The molecule has 1 spiro atoms. The van der Waals surface area contributed by atoms with Crippen LogP contribution in [0.5, 0.6) is 0 Å². The molecule has 0 radical (unpaired) electrons. The molecule has 0 unspecified atom stereocenters. The average Bonchev–Trinajstić information content (AvgIpc) is 2.62. The van der Waals surface area contributed by atoms with Crippen molar-refractivity contribution in [3.8, 4) is 0 Å². The number of hydrogen-bond acceptors (Lipinski definition) is 2. The molecular formula is C14H18O3. The van der Waals surface area contributed by atoms with Gasteiger partial charge in [-0.05, 0) is 24.8 Å². The van der Waals surface area contributed by atoms with E-state index in [9.17, 15) is 14.7 Å². The molecule has 0 aromatic heterocycles. The van der Waals surface area contributed by atoms with Gasteiger partial charge < -0.3 is 5.11 Å². The second kappa shape index (κ2) is 4.13. The summed E-state index contributed by atoms with van der Waals surface area (Å²) in [4.78, 5) is 22.7. The van der Waals surface area contributed by atoms with E-state index in [0.717, 1.165) is 0 Å². The Bertz CT molecular complexity index is 417. The fourth-order valence-electron chi connectivity index (χ4n) is 3.21. The fourth-order valence-corrected chi connectivity index (χ4v) is 3.21. The van der Waals surface area contributed by atoms with Crippen LogP contribution in [-0.4, -0.2) is 16.9 Å². The molecule has 1 N–H and O–H groups in total. The minimum atomic E-state index is -0.754. The predicted molar refractivity (Wildman–Crippen MR) is 64.5 cm³/mol. The lowest BCUT2D eigenvalue weighted by Gasteiger charge is -2.37. The summed E-state index contributed by atoms with van der Waals surface area (Å²) < 4.78 is 0. The van der Waals surface area contributed by atoms with Crippen molar-refractivity contribution in [1.29, 1.82) is 0 Å². The number of hydrogen-bond donors (Lipinski definition) is 1. The standard InChI is InChI=1S/C14H18O3/c1-9(2)11-3-4-12(13(16)17)14(11)7-5-10(15)6-8-14/h3,5,7,9,12H,4,6,8H2,1-2H3,(H,16,17)/t12-,14-/m1/s1. The lowest BCUT2D eigenvalue weighted by Crippen LogP contribution is -2.36. The zero-order valence-corrected chi connectivity index (χ0v) is 10.3. The Labute approximate surface area is 101 Å². The molecule has 0 fully saturated rings. The molecule has 3 nitrogen and oxygen atoms in total. The molecule has 0 heterocycles. The molecule has 2 aliphatic rings. The van der Waals surface area contributed by atoms with Gasteiger partial charge in [-0.2, -0.15) is 0 Å². The molecule has 2 rings (SSSR count). The van der Waals surface area contributed by atoms with E-state index in [0.29, 0.717) is 25.2 Å². The fraction of sp³-hybridized carbons (Fsp3) is 0.571. The molecule has 2 atom stereocenters. The third kappa shape index (κ3) is 1.84. The van der Waals surface area contributed by atoms with Crippen molar-refractivity contribution in [1.82, 2.24) is 0 Å². The van der Waals surface area contributed by atoms with E-state index in [-0.39, 0.29) is 5.78 Å². The van der Waals surface area contributed by atoms with Gasteiger partial charge in [0.2, 0.25) is 0 Å². The van der Waals surface area contributed by atoms with Gasteiger partial charge in [-0.3, -0.25) is 9.59 Å². The molecular weight excluding hydrogens is 216 g/mol. The van der Waals surface area contributed by atoms with Gasteiger partial charge in [0.1, 0.15) is 0 Å². The molecule has 3 heteroatoms. The predicted octanol–water partition coefficient (Wildman–Crippen LogP) is 2.58. The van der Waals surface area contributed by atoms with Gasteiger partial charge in [0.15, 0.2) is 5.78 Å². The van der Waals surface area contributed by atoms with E-state index in [1.807, 2.05) is 6.08 Å². The second-order valence-electron chi connectivity index (χ2n) is 5.28. The first-order chi connectivity index (χ1) is 7.97. The lowest BCUT2D eigenvalue weighted by molar-refractivity contribution is -0.144. The monoisotopic (exact) mass is 234 g/mol. The molecule has 0 saturated carbocycles. The van der Waals surface area contributed by atoms with Crippen molar-refractivity contribution in [3.05, 3.63) is 23.8 Å². The van der Waals surface area contributed by atoms with Crippen LogP contribution in [0, 0.1) is 17.3 Å². The van der Waals surface area contributed by atoms with Gasteiger partial charge in [-0.1, -0.05) is 31.6 Å². The molecule has 0 bridgehead atoms. The average molecular weight is 234 g/mol. The first-order valence-corrected chi connectivity index (χ1v) is 6.13. The van der Waals surface area contributed by atoms with Crippen molar-refractivity contribution in [2.24, 2.45) is 17.3 Å². The van der Waals surface area contributed by atoms with Crippen LogP contribution in [0.3, 0.4) is 0 Å². The van der Waals surface area contributed by atoms with Crippen molar-refractivity contribution in [2.75, 3.05) is 0 Å². The van der Waals surface area contributed by atoms with Gasteiger partial charge in [0.25, 0.3) is 0 Å². The Hall–Kier alpha value is -1.38. The van der Waals surface area contributed by atoms with E-state index in [1.54, 1.807) is 6.08 Å². The highest BCUT2D eigenvalue weighted by Crippen LogP contribution is 2.52. The summed E-state index contributed by atoms with van der Waals surface area (Å²) in [5.41, 5.74) is 0.780. The summed E-state index contributed by atoms with van der Waals surface area (Å²) in [6, 6.07) is 0. The number of ketones is 1. The maximum absolute atomic E-state index is 11.4. The van der Waals surface area contributed by atoms with Gasteiger partial charge in [-0.15, -0.1) is 0 Å². The molecule has 0 saturated heterocycles. The molecule has 0 aromatic carbocycles. The summed E-state index contributed by atoms with van der Waals surface area (Å²) in [5, 5.41) is 9.34. The van der Waals surface area contributed by atoms with E-state index >= 15 is 0 Å². The Kier molecular flexibility index (Phi) is 2.94. The number of carbonyl (C=O) groups excluding carboxylic acids is 1. The highest BCUT2D eigenvalue weighted by Gasteiger charge is 2.48. The Balaban J connectivity index is 2.43. The second-order valence-corrected chi connectivity index (χ2v) is 5.28. The third-order valence-electron chi connectivity index (χ3n) is 4.00.